The molecule has 0 saturated heterocycles. The van der Waals surface area contributed by atoms with Gasteiger partial charge in [0.2, 0.25) is 0 Å². The predicted octanol–water partition coefficient (Wildman–Crippen LogP) is 4.36. The Bertz CT molecular complexity index is 612. The summed E-state index contributed by atoms with van der Waals surface area (Å²) in [5.74, 6) is 0.857. The monoisotopic (exact) mass is 290 g/mol. The van der Waals surface area contributed by atoms with Crippen LogP contribution in [0.25, 0.3) is 0 Å². The first-order valence-electron chi connectivity index (χ1n) is 6.53. The quantitative estimate of drug-likeness (QED) is 0.910. The van der Waals surface area contributed by atoms with E-state index in [0.29, 0.717) is 5.02 Å². The van der Waals surface area contributed by atoms with Crippen molar-refractivity contribution in [1.29, 1.82) is 0 Å². The Balaban J connectivity index is 2.45. The average Bonchev–Trinajstić information content (AvgIpc) is 2.37. The molecule has 0 amide bonds. The number of aryl methyl sites for hydroxylation is 3. The molecule has 106 valence electrons. The highest BCUT2D eigenvalue weighted by Gasteiger charge is 2.16. The lowest BCUT2D eigenvalue weighted by atomic mass is 9.96. The number of methoxy groups -OCH3 is 1. The van der Waals surface area contributed by atoms with Gasteiger partial charge in [-0.3, -0.25) is 0 Å². The van der Waals surface area contributed by atoms with Crippen LogP contribution in [0.4, 0.5) is 0 Å². The lowest BCUT2D eigenvalue weighted by Crippen LogP contribution is -2.03. The lowest BCUT2D eigenvalue weighted by Gasteiger charge is -2.17. The standard InChI is InChI=1S/C17H19ClO2/c1-10-5-6-14(15(18)7-10)16(19)13-8-11(2)17(20-4)12(3)9-13/h5-9,16,19H,1-4H3. The van der Waals surface area contributed by atoms with Crippen molar-refractivity contribution >= 4 is 11.6 Å². The van der Waals surface area contributed by atoms with E-state index in [1.165, 1.54) is 0 Å². The van der Waals surface area contributed by atoms with Crippen molar-refractivity contribution in [2.75, 3.05) is 7.11 Å². The van der Waals surface area contributed by atoms with E-state index in [1.807, 2.05) is 51.1 Å². The molecule has 2 nitrogen and oxygen atoms in total. The van der Waals surface area contributed by atoms with Crippen LogP contribution >= 0.6 is 11.6 Å². The zero-order valence-electron chi connectivity index (χ0n) is 12.2. The summed E-state index contributed by atoms with van der Waals surface area (Å²) in [5, 5.41) is 11.1. The van der Waals surface area contributed by atoms with E-state index in [1.54, 1.807) is 7.11 Å². The highest BCUT2D eigenvalue weighted by atomic mass is 35.5. The van der Waals surface area contributed by atoms with Gasteiger partial charge in [-0.25, -0.2) is 0 Å². The molecule has 0 saturated carbocycles. The van der Waals surface area contributed by atoms with Gasteiger partial charge >= 0.3 is 0 Å². The van der Waals surface area contributed by atoms with Gasteiger partial charge in [-0.05, 0) is 61.2 Å². The Labute approximate surface area is 125 Å². The minimum absolute atomic E-state index is 0.587. The number of hydrogen-bond acceptors (Lipinski definition) is 2. The molecule has 0 radical (unpaired) electrons. The molecule has 1 unspecified atom stereocenters. The molecule has 0 aromatic heterocycles. The maximum absolute atomic E-state index is 10.6. The van der Waals surface area contributed by atoms with Crippen LogP contribution in [0, 0.1) is 20.8 Å². The second-order valence-electron chi connectivity index (χ2n) is 5.12. The molecule has 3 heteroatoms. The van der Waals surface area contributed by atoms with E-state index < -0.39 is 6.10 Å². The molecule has 1 N–H and O–H groups in total. The van der Waals surface area contributed by atoms with Crippen molar-refractivity contribution in [2.45, 2.75) is 26.9 Å². The van der Waals surface area contributed by atoms with Gasteiger partial charge in [-0.15, -0.1) is 0 Å². The van der Waals surface area contributed by atoms with Gasteiger partial charge in [0.25, 0.3) is 0 Å². The van der Waals surface area contributed by atoms with Crippen LogP contribution in [0.2, 0.25) is 5.02 Å². The predicted molar refractivity (Wildman–Crippen MR) is 82.7 cm³/mol. The lowest BCUT2D eigenvalue weighted by molar-refractivity contribution is 0.220. The molecule has 0 bridgehead atoms. The van der Waals surface area contributed by atoms with Crippen molar-refractivity contribution < 1.29 is 9.84 Å². The van der Waals surface area contributed by atoms with E-state index in [2.05, 4.69) is 0 Å². The molecule has 0 fully saturated rings. The summed E-state index contributed by atoms with van der Waals surface area (Å²) in [6.07, 6.45) is -0.730. The van der Waals surface area contributed by atoms with Crippen molar-refractivity contribution in [3.8, 4) is 5.75 Å². The molecule has 0 heterocycles. The SMILES string of the molecule is COc1c(C)cc(C(O)c2ccc(C)cc2Cl)cc1C. The summed E-state index contributed by atoms with van der Waals surface area (Å²) in [6, 6.07) is 9.56. The minimum Gasteiger partial charge on any atom is -0.496 e. The van der Waals surface area contributed by atoms with Crippen molar-refractivity contribution in [2.24, 2.45) is 0 Å². The van der Waals surface area contributed by atoms with Crippen LogP contribution in [0.1, 0.15) is 33.9 Å². The first kappa shape index (κ1) is 14.9. The maximum atomic E-state index is 10.6. The van der Waals surface area contributed by atoms with Crippen LogP contribution in [-0.4, -0.2) is 12.2 Å². The van der Waals surface area contributed by atoms with E-state index in [0.717, 1.165) is 33.6 Å². The highest BCUT2D eigenvalue weighted by Crippen LogP contribution is 2.33. The van der Waals surface area contributed by atoms with Crippen LogP contribution in [-0.2, 0) is 0 Å². The molecule has 2 aromatic carbocycles. The average molecular weight is 291 g/mol. The normalized spacial score (nSPS) is 12.3. The summed E-state index contributed by atoms with van der Waals surface area (Å²) >= 11 is 6.23. The first-order chi connectivity index (χ1) is 9.43. The molecule has 0 aliphatic carbocycles. The van der Waals surface area contributed by atoms with E-state index in [9.17, 15) is 5.11 Å². The maximum Gasteiger partial charge on any atom is 0.124 e. The summed E-state index contributed by atoms with van der Waals surface area (Å²) in [4.78, 5) is 0. The summed E-state index contributed by atoms with van der Waals surface area (Å²) in [5.41, 5.74) is 4.63. The molecule has 0 spiro atoms. The molecule has 0 aliphatic rings. The van der Waals surface area contributed by atoms with Crippen molar-refractivity contribution in [1.82, 2.24) is 0 Å². The van der Waals surface area contributed by atoms with Gasteiger partial charge in [-0.2, -0.15) is 0 Å². The first-order valence-corrected chi connectivity index (χ1v) is 6.91. The number of ether oxygens (including phenoxy) is 1. The Morgan fingerprint density at radius 2 is 1.65 bits per heavy atom. The van der Waals surface area contributed by atoms with Gasteiger partial charge < -0.3 is 9.84 Å². The topological polar surface area (TPSA) is 29.5 Å². The molecular formula is C17H19ClO2. The van der Waals surface area contributed by atoms with E-state index in [4.69, 9.17) is 16.3 Å². The molecule has 2 aromatic rings. The number of aliphatic hydroxyl groups excluding tert-OH is 1. The van der Waals surface area contributed by atoms with Crippen LogP contribution < -0.4 is 4.74 Å². The second-order valence-corrected chi connectivity index (χ2v) is 5.52. The highest BCUT2D eigenvalue weighted by molar-refractivity contribution is 6.31. The summed E-state index contributed by atoms with van der Waals surface area (Å²) in [6.45, 7) is 5.92. The number of aliphatic hydroxyl groups is 1. The fourth-order valence-corrected chi connectivity index (χ4v) is 2.84. The minimum atomic E-state index is -0.730. The van der Waals surface area contributed by atoms with Gasteiger partial charge in [0, 0.05) is 10.6 Å². The molecule has 2 rings (SSSR count). The third kappa shape index (κ3) is 2.82. The summed E-state index contributed by atoms with van der Waals surface area (Å²) < 4.78 is 5.35. The zero-order chi connectivity index (χ0) is 14.9. The fourth-order valence-electron chi connectivity index (χ4n) is 2.50. The molecule has 20 heavy (non-hydrogen) atoms. The van der Waals surface area contributed by atoms with Gasteiger partial charge in [0.1, 0.15) is 11.9 Å². The number of halogens is 1. The number of rotatable bonds is 3. The van der Waals surface area contributed by atoms with Crippen molar-refractivity contribution in [3.63, 3.8) is 0 Å². The van der Waals surface area contributed by atoms with Gasteiger partial charge in [-0.1, -0.05) is 23.7 Å². The fraction of sp³-hybridized carbons (Fsp3) is 0.294. The Hall–Kier alpha value is -1.51. The van der Waals surface area contributed by atoms with E-state index in [-0.39, 0.29) is 0 Å². The smallest absolute Gasteiger partial charge is 0.124 e. The Morgan fingerprint density at radius 1 is 1.05 bits per heavy atom. The molecule has 1 atom stereocenters. The summed E-state index contributed by atoms with van der Waals surface area (Å²) in [7, 11) is 1.66. The van der Waals surface area contributed by atoms with Gasteiger partial charge in [0.05, 0.1) is 7.11 Å². The molecular weight excluding hydrogens is 272 g/mol. The number of benzene rings is 2. The Kier molecular flexibility index (Phi) is 4.36. The Morgan fingerprint density at radius 3 is 2.15 bits per heavy atom. The zero-order valence-corrected chi connectivity index (χ0v) is 13.0. The van der Waals surface area contributed by atoms with Crippen molar-refractivity contribution in [3.05, 3.63) is 63.2 Å². The van der Waals surface area contributed by atoms with Gasteiger partial charge in [0.15, 0.2) is 0 Å². The second kappa shape index (κ2) is 5.86. The third-order valence-electron chi connectivity index (χ3n) is 3.45. The molecule has 0 aliphatic heterocycles. The largest absolute Gasteiger partial charge is 0.496 e. The van der Waals surface area contributed by atoms with Crippen LogP contribution in [0.3, 0.4) is 0 Å². The number of hydrogen-bond donors (Lipinski definition) is 1. The van der Waals surface area contributed by atoms with E-state index >= 15 is 0 Å². The van der Waals surface area contributed by atoms with Crippen LogP contribution in [0.5, 0.6) is 5.75 Å². The third-order valence-corrected chi connectivity index (χ3v) is 3.78. The van der Waals surface area contributed by atoms with Crippen LogP contribution in [0.15, 0.2) is 30.3 Å².